The van der Waals surface area contributed by atoms with Gasteiger partial charge in [-0.3, -0.25) is 0 Å². The molecule has 0 nitrogen and oxygen atoms in total. The van der Waals surface area contributed by atoms with Crippen molar-refractivity contribution in [2.24, 2.45) is 0 Å². The molecule has 0 aromatic heterocycles. The highest BCUT2D eigenvalue weighted by Crippen LogP contribution is 2.34. The van der Waals surface area contributed by atoms with Gasteiger partial charge in [-0.1, -0.05) is 84.4 Å². The number of benzene rings is 4. The molecule has 138 valence electrons. The molecule has 0 spiro atoms. The summed E-state index contributed by atoms with van der Waals surface area (Å²) in [6.07, 6.45) is 0. The van der Waals surface area contributed by atoms with Crippen molar-refractivity contribution < 1.29 is 13.2 Å². The van der Waals surface area contributed by atoms with Gasteiger partial charge in [0.1, 0.15) is 5.82 Å². The van der Waals surface area contributed by atoms with Gasteiger partial charge in [0, 0.05) is 16.7 Å². The Balaban J connectivity index is 1.76. The molecule has 4 aromatic rings. The molecule has 4 aromatic carbocycles. The Morgan fingerprint density at radius 3 is 1.75 bits per heavy atom. The van der Waals surface area contributed by atoms with Crippen LogP contribution in [0.15, 0.2) is 84.9 Å². The average Bonchev–Trinajstić information content (AvgIpc) is 2.72. The van der Waals surface area contributed by atoms with Crippen molar-refractivity contribution in [2.75, 3.05) is 0 Å². The van der Waals surface area contributed by atoms with E-state index in [1.165, 1.54) is 24.3 Å². The molecule has 0 radical (unpaired) electrons. The van der Waals surface area contributed by atoms with Crippen LogP contribution in [0.4, 0.5) is 13.2 Å². The van der Waals surface area contributed by atoms with Crippen LogP contribution in [0.3, 0.4) is 0 Å². The van der Waals surface area contributed by atoms with Crippen LogP contribution in [0.25, 0.3) is 33.4 Å². The molecule has 0 unspecified atom stereocenters. The molecule has 0 aliphatic rings. The van der Waals surface area contributed by atoms with Crippen LogP contribution >= 0.6 is 0 Å². The van der Waals surface area contributed by atoms with Gasteiger partial charge in [0.15, 0.2) is 11.6 Å². The summed E-state index contributed by atoms with van der Waals surface area (Å²) in [6, 6.07) is 23.9. The molecule has 0 N–H and O–H groups in total. The number of hydrogen-bond acceptors (Lipinski definition) is 0. The Morgan fingerprint density at radius 1 is 0.500 bits per heavy atom. The molecular formula is C25H17F3. The van der Waals surface area contributed by atoms with E-state index in [0.29, 0.717) is 11.1 Å². The summed E-state index contributed by atoms with van der Waals surface area (Å²) >= 11 is 0. The van der Waals surface area contributed by atoms with E-state index in [1.54, 1.807) is 18.2 Å². The third-order valence-corrected chi connectivity index (χ3v) is 4.81. The smallest absolute Gasteiger partial charge is 0.167 e. The van der Waals surface area contributed by atoms with E-state index in [4.69, 9.17) is 0 Å². The molecular weight excluding hydrogens is 357 g/mol. The Bertz CT molecular complexity index is 1130. The molecule has 0 fully saturated rings. The van der Waals surface area contributed by atoms with E-state index in [0.717, 1.165) is 11.1 Å². The molecule has 4 rings (SSSR count). The second-order valence-corrected chi connectivity index (χ2v) is 6.72. The maximum absolute atomic E-state index is 14.8. The normalized spacial score (nSPS) is 10.9. The first-order chi connectivity index (χ1) is 13.5. The minimum Gasteiger partial charge on any atom is -0.206 e. The van der Waals surface area contributed by atoms with Gasteiger partial charge < -0.3 is 0 Å². The van der Waals surface area contributed by atoms with Gasteiger partial charge >= 0.3 is 0 Å². The van der Waals surface area contributed by atoms with Gasteiger partial charge in [-0.2, -0.15) is 0 Å². The first-order valence-electron chi connectivity index (χ1n) is 8.95. The topological polar surface area (TPSA) is 0 Å². The van der Waals surface area contributed by atoms with Crippen LogP contribution in [0, 0.1) is 24.4 Å². The lowest BCUT2D eigenvalue weighted by Crippen LogP contribution is -1.96. The second kappa shape index (κ2) is 7.35. The van der Waals surface area contributed by atoms with E-state index >= 15 is 0 Å². The molecule has 0 saturated heterocycles. The summed E-state index contributed by atoms with van der Waals surface area (Å²) in [7, 11) is 0. The molecule has 28 heavy (non-hydrogen) atoms. The SMILES string of the molecule is Cc1ccc(-c2ccc(-c3ccc(-c4ccccc4)cc3F)c(F)c2F)cc1. The quantitative estimate of drug-likeness (QED) is 0.350. The van der Waals surface area contributed by atoms with E-state index in [2.05, 4.69) is 0 Å². The second-order valence-electron chi connectivity index (χ2n) is 6.72. The van der Waals surface area contributed by atoms with Gasteiger partial charge in [0.25, 0.3) is 0 Å². The number of halogens is 3. The predicted octanol–water partition coefficient (Wildman–Crippen LogP) is 7.41. The highest BCUT2D eigenvalue weighted by Gasteiger charge is 2.18. The number of rotatable bonds is 3. The van der Waals surface area contributed by atoms with Crippen LogP contribution < -0.4 is 0 Å². The molecule has 0 aliphatic carbocycles. The fourth-order valence-corrected chi connectivity index (χ4v) is 3.26. The van der Waals surface area contributed by atoms with Crippen molar-refractivity contribution in [1.29, 1.82) is 0 Å². The summed E-state index contributed by atoms with van der Waals surface area (Å²) in [4.78, 5) is 0. The van der Waals surface area contributed by atoms with Crippen LogP contribution in [0.5, 0.6) is 0 Å². The van der Waals surface area contributed by atoms with Crippen LogP contribution in [-0.2, 0) is 0 Å². The fourth-order valence-electron chi connectivity index (χ4n) is 3.26. The number of aryl methyl sites for hydroxylation is 1. The first-order valence-corrected chi connectivity index (χ1v) is 8.95. The minimum absolute atomic E-state index is 0.0338. The average molecular weight is 374 g/mol. The van der Waals surface area contributed by atoms with E-state index in [1.807, 2.05) is 49.4 Å². The monoisotopic (exact) mass is 374 g/mol. The first kappa shape index (κ1) is 18.1. The lowest BCUT2D eigenvalue weighted by molar-refractivity contribution is 0.513. The molecule has 3 heteroatoms. The maximum Gasteiger partial charge on any atom is 0.167 e. The maximum atomic E-state index is 14.8. The summed E-state index contributed by atoms with van der Waals surface area (Å²) in [5.74, 6) is -2.62. The molecule has 0 bridgehead atoms. The molecule has 0 amide bonds. The highest BCUT2D eigenvalue weighted by atomic mass is 19.2. The van der Waals surface area contributed by atoms with Crippen molar-refractivity contribution in [2.45, 2.75) is 6.92 Å². The molecule has 0 heterocycles. The van der Waals surface area contributed by atoms with E-state index in [-0.39, 0.29) is 16.7 Å². The van der Waals surface area contributed by atoms with Gasteiger partial charge in [0.2, 0.25) is 0 Å². The van der Waals surface area contributed by atoms with Gasteiger partial charge in [0.05, 0.1) is 0 Å². The fraction of sp³-hybridized carbons (Fsp3) is 0.0400. The zero-order chi connectivity index (χ0) is 19.7. The standard InChI is InChI=1S/C25H17F3/c1-16-7-9-18(10-8-16)20-13-14-22(25(28)24(20)27)21-12-11-19(15-23(21)26)17-5-3-2-4-6-17/h2-15H,1H3. The minimum atomic E-state index is -1.05. The highest BCUT2D eigenvalue weighted by molar-refractivity contribution is 5.74. The van der Waals surface area contributed by atoms with Crippen LogP contribution in [0.2, 0.25) is 0 Å². The summed E-state index contributed by atoms with van der Waals surface area (Å²) < 4.78 is 44.2. The largest absolute Gasteiger partial charge is 0.206 e. The zero-order valence-electron chi connectivity index (χ0n) is 15.2. The van der Waals surface area contributed by atoms with E-state index in [9.17, 15) is 13.2 Å². The van der Waals surface area contributed by atoms with Crippen molar-refractivity contribution in [3.05, 3.63) is 108 Å². The van der Waals surface area contributed by atoms with Gasteiger partial charge in [-0.05, 0) is 29.7 Å². The molecule has 0 atom stereocenters. The molecule has 0 aliphatic heterocycles. The van der Waals surface area contributed by atoms with Gasteiger partial charge in [-0.25, -0.2) is 13.2 Å². The summed E-state index contributed by atoms with van der Waals surface area (Å²) in [6.45, 7) is 1.92. The Hall–Kier alpha value is -3.33. The summed E-state index contributed by atoms with van der Waals surface area (Å²) in [5, 5.41) is 0. The van der Waals surface area contributed by atoms with Gasteiger partial charge in [-0.15, -0.1) is 0 Å². The Labute approximate surface area is 161 Å². The lowest BCUT2D eigenvalue weighted by Gasteiger charge is -2.11. The van der Waals surface area contributed by atoms with Crippen molar-refractivity contribution in [3.63, 3.8) is 0 Å². The third kappa shape index (κ3) is 3.31. The number of hydrogen-bond donors (Lipinski definition) is 0. The predicted molar refractivity (Wildman–Crippen MR) is 107 cm³/mol. The van der Waals surface area contributed by atoms with E-state index < -0.39 is 17.5 Å². The Morgan fingerprint density at radius 2 is 1.07 bits per heavy atom. The lowest BCUT2D eigenvalue weighted by atomic mass is 9.96. The van der Waals surface area contributed by atoms with Crippen molar-refractivity contribution >= 4 is 0 Å². The van der Waals surface area contributed by atoms with Crippen molar-refractivity contribution in [3.8, 4) is 33.4 Å². The molecule has 0 saturated carbocycles. The summed E-state index contributed by atoms with van der Waals surface area (Å²) in [5.41, 5.74) is 3.24. The Kier molecular flexibility index (Phi) is 4.74. The van der Waals surface area contributed by atoms with Crippen LogP contribution in [0.1, 0.15) is 5.56 Å². The van der Waals surface area contributed by atoms with Crippen LogP contribution in [-0.4, -0.2) is 0 Å². The zero-order valence-corrected chi connectivity index (χ0v) is 15.2. The third-order valence-electron chi connectivity index (χ3n) is 4.81. The van der Waals surface area contributed by atoms with Crippen molar-refractivity contribution in [1.82, 2.24) is 0 Å².